The quantitative estimate of drug-likeness (QED) is 0.777. The number of aromatic nitrogens is 3. The highest BCUT2D eigenvalue weighted by Crippen LogP contribution is 2.28. The van der Waals surface area contributed by atoms with E-state index in [0.717, 1.165) is 63.4 Å². The molecule has 0 aromatic carbocycles. The number of thiophene rings is 1. The van der Waals surface area contributed by atoms with Gasteiger partial charge in [0, 0.05) is 48.1 Å². The van der Waals surface area contributed by atoms with Gasteiger partial charge < -0.3 is 9.47 Å². The van der Waals surface area contributed by atoms with Crippen molar-refractivity contribution in [2.45, 2.75) is 77.2 Å². The van der Waals surface area contributed by atoms with Gasteiger partial charge in [-0.3, -0.25) is 4.79 Å². The Bertz CT molecular complexity index is 781. The van der Waals surface area contributed by atoms with Crippen LogP contribution in [0.2, 0.25) is 0 Å². The van der Waals surface area contributed by atoms with Crippen molar-refractivity contribution in [3.63, 3.8) is 0 Å². The van der Waals surface area contributed by atoms with Crippen molar-refractivity contribution in [1.29, 1.82) is 0 Å². The number of likely N-dealkylation sites (tertiary alicyclic amines) is 1. The summed E-state index contributed by atoms with van der Waals surface area (Å²) in [6.45, 7) is 4.89. The summed E-state index contributed by atoms with van der Waals surface area (Å²) in [5.41, 5.74) is 0. The van der Waals surface area contributed by atoms with Crippen LogP contribution in [0.1, 0.15) is 72.3 Å². The largest absolute Gasteiger partial charge is 0.342 e. The molecule has 2 aromatic heterocycles. The number of hydrogen-bond donors (Lipinski definition) is 0. The van der Waals surface area contributed by atoms with Crippen molar-refractivity contribution in [2.24, 2.45) is 0 Å². The minimum absolute atomic E-state index is 0.309. The first kappa shape index (κ1) is 18.7. The van der Waals surface area contributed by atoms with Gasteiger partial charge in [0.15, 0.2) is 0 Å². The van der Waals surface area contributed by atoms with Crippen LogP contribution < -0.4 is 0 Å². The molecular formula is C21H30N4OS. The van der Waals surface area contributed by atoms with E-state index in [4.69, 9.17) is 0 Å². The van der Waals surface area contributed by atoms with Crippen molar-refractivity contribution in [1.82, 2.24) is 19.7 Å². The number of fused-ring (bicyclic) bond motifs is 1. The van der Waals surface area contributed by atoms with Crippen LogP contribution in [0.5, 0.6) is 0 Å². The molecule has 1 amide bonds. The number of amides is 1. The molecule has 0 radical (unpaired) electrons. The van der Waals surface area contributed by atoms with Gasteiger partial charge in [0.25, 0.3) is 0 Å². The summed E-state index contributed by atoms with van der Waals surface area (Å²) in [7, 11) is 0. The van der Waals surface area contributed by atoms with E-state index in [2.05, 4.69) is 38.7 Å². The minimum atomic E-state index is 0.309. The van der Waals surface area contributed by atoms with Gasteiger partial charge in [-0.15, -0.1) is 21.5 Å². The first-order valence-electron chi connectivity index (χ1n) is 10.5. The fraction of sp³-hybridized carbons (Fsp3) is 0.667. The average molecular weight is 387 g/mol. The number of nitrogens with zero attached hydrogens (tertiary/aromatic N) is 4. The molecule has 6 heteroatoms. The molecule has 1 saturated heterocycles. The van der Waals surface area contributed by atoms with Crippen molar-refractivity contribution in [2.75, 3.05) is 13.1 Å². The zero-order chi connectivity index (χ0) is 18.6. The predicted octanol–water partition coefficient (Wildman–Crippen LogP) is 4.10. The lowest BCUT2D eigenvalue weighted by atomic mass is 9.96. The molecule has 5 nitrogen and oxygen atoms in total. The zero-order valence-electron chi connectivity index (χ0n) is 16.3. The van der Waals surface area contributed by atoms with Gasteiger partial charge in [-0.2, -0.15) is 0 Å². The molecule has 1 atom stereocenters. The summed E-state index contributed by atoms with van der Waals surface area (Å²) in [6.07, 6.45) is 9.57. The molecule has 2 aliphatic rings. The van der Waals surface area contributed by atoms with Gasteiger partial charge in [0.2, 0.25) is 5.91 Å². The third-order valence-electron chi connectivity index (χ3n) is 5.89. The van der Waals surface area contributed by atoms with Crippen molar-refractivity contribution >= 4 is 17.2 Å². The molecule has 2 aromatic rings. The van der Waals surface area contributed by atoms with Crippen LogP contribution in [-0.4, -0.2) is 38.7 Å². The second-order valence-electron chi connectivity index (χ2n) is 7.98. The normalized spacial score (nSPS) is 20.3. The molecule has 0 bridgehead atoms. The Morgan fingerprint density at radius 1 is 1.19 bits per heavy atom. The van der Waals surface area contributed by atoms with E-state index >= 15 is 0 Å². The summed E-state index contributed by atoms with van der Waals surface area (Å²) in [4.78, 5) is 17.6. The first-order valence-corrected chi connectivity index (χ1v) is 11.3. The summed E-state index contributed by atoms with van der Waals surface area (Å²) in [5.74, 6) is 2.93. The Balaban J connectivity index is 1.34. The van der Waals surface area contributed by atoms with Gasteiger partial charge in [-0.05, 0) is 57.6 Å². The Morgan fingerprint density at radius 2 is 2.11 bits per heavy atom. The predicted molar refractivity (Wildman–Crippen MR) is 108 cm³/mol. The molecule has 4 rings (SSSR count). The molecule has 1 unspecified atom stereocenters. The molecule has 0 spiro atoms. The van der Waals surface area contributed by atoms with Crippen molar-refractivity contribution in [3.05, 3.63) is 33.5 Å². The first-order chi connectivity index (χ1) is 13.2. The topological polar surface area (TPSA) is 51.0 Å². The number of aryl methyl sites for hydroxylation is 3. The van der Waals surface area contributed by atoms with E-state index in [0.29, 0.717) is 18.2 Å². The molecule has 0 N–H and O–H groups in total. The van der Waals surface area contributed by atoms with Gasteiger partial charge >= 0.3 is 0 Å². The second-order valence-corrected chi connectivity index (χ2v) is 9.35. The molecule has 146 valence electrons. The lowest BCUT2D eigenvalue weighted by Gasteiger charge is -2.32. The molecule has 1 fully saturated rings. The Labute approximate surface area is 165 Å². The molecule has 0 aliphatic carbocycles. The average Bonchev–Trinajstić information content (AvgIpc) is 3.20. The van der Waals surface area contributed by atoms with Crippen LogP contribution in [0.3, 0.4) is 0 Å². The molecule has 0 saturated carbocycles. The molecular weight excluding hydrogens is 356 g/mol. The molecule has 4 heterocycles. The van der Waals surface area contributed by atoms with Crippen LogP contribution in [-0.2, 0) is 24.2 Å². The zero-order valence-corrected chi connectivity index (χ0v) is 17.1. The van der Waals surface area contributed by atoms with E-state index in [9.17, 15) is 4.79 Å². The summed E-state index contributed by atoms with van der Waals surface area (Å²) < 4.78 is 2.35. The monoisotopic (exact) mass is 386 g/mol. The summed E-state index contributed by atoms with van der Waals surface area (Å²) in [5, 5.41) is 9.00. The number of carbonyl (C=O) groups excluding carboxylic acids is 1. The highest BCUT2D eigenvalue weighted by molar-refractivity contribution is 7.11. The van der Waals surface area contributed by atoms with Gasteiger partial charge in [-0.25, -0.2) is 0 Å². The highest BCUT2D eigenvalue weighted by atomic mass is 32.1. The third-order valence-corrected chi connectivity index (χ3v) is 6.95. The molecule has 27 heavy (non-hydrogen) atoms. The van der Waals surface area contributed by atoms with Gasteiger partial charge in [0.05, 0.1) is 0 Å². The fourth-order valence-electron chi connectivity index (χ4n) is 4.42. The number of hydrogen-bond acceptors (Lipinski definition) is 4. The Hall–Kier alpha value is -1.69. The lowest BCUT2D eigenvalue weighted by molar-refractivity contribution is -0.132. The fourth-order valence-corrected chi connectivity index (χ4v) is 5.35. The van der Waals surface area contributed by atoms with Crippen LogP contribution in [0, 0.1) is 6.92 Å². The maximum Gasteiger partial charge on any atom is 0.222 e. The van der Waals surface area contributed by atoms with Crippen LogP contribution >= 0.6 is 11.3 Å². The summed E-state index contributed by atoms with van der Waals surface area (Å²) in [6, 6.07) is 4.36. The van der Waals surface area contributed by atoms with Crippen molar-refractivity contribution in [3.8, 4) is 0 Å². The van der Waals surface area contributed by atoms with E-state index in [1.807, 2.05) is 11.3 Å². The summed E-state index contributed by atoms with van der Waals surface area (Å²) >= 11 is 1.85. The van der Waals surface area contributed by atoms with Crippen LogP contribution in [0.15, 0.2) is 12.1 Å². The Kier molecular flexibility index (Phi) is 5.91. The van der Waals surface area contributed by atoms with E-state index < -0.39 is 0 Å². The number of carbonyl (C=O) groups is 1. The SMILES string of the molecule is Cc1ccc(CCCC(=O)N2CCCC(c3nnc4n3CCCCC4)C2)s1. The minimum Gasteiger partial charge on any atom is -0.342 e. The highest BCUT2D eigenvalue weighted by Gasteiger charge is 2.29. The van der Waals surface area contributed by atoms with E-state index in [1.54, 1.807) is 0 Å². The van der Waals surface area contributed by atoms with E-state index in [-0.39, 0.29) is 0 Å². The number of piperidine rings is 1. The van der Waals surface area contributed by atoms with E-state index in [1.165, 1.54) is 29.0 Å². The van der Waals surface area contributed by atoms with Crippen LogP contribution in [0.4, 0.5) is 0 Å². The molecule has 2 aliphatic heterocycles. The van der Waals surface area contributed by atoms with Gasteiger partial charge in [0.1, 0.15) is 11.6 Å². The van der Waals surface area contributed by atoms with Crippen LogP contribution in [0.25, 0.3) is 0 Å². The lowest BCUT2D eigenvalue weighted by Crippen LogP contribution is -2.39. The smallest absolute Gasteiger partial charge is 0.222 e. The number of rotatable bonds is 5. The Morgan fingerprint density at radius 3 is 2.96 bits per heavy atom. The third kappa shape index (κ3) is 4.42. The van der Waals surface area contributed by atoms with Gasteiger partial charge in [-0.1, -0.05) is 6.42 Å². The standard InChI is InChI=1S/C21H30N4OS/c1-16-11-12-18(27-16)8-5-10-20(26)24-13-6-7-17(15-24)21-23-22-19-9-3-2-4-14-25(19)21/h11-12,17H,2-10,13-15H2,1H3. The van der Waals surface area contributed by atoms with Crippen molar-refractivity contribution < 1.29 is 4.79 Å². The second kappa shape index (κ2) is 8.55. The maximum atomic E-state index is 12.7. The maximum absolute atomic E-state index is 12.7.